The first-order valence-corrected chi connectivity index (χ1v) is 6.87. The van der Waals surface area contributed by atoms with Crippen molar-refractivity contribution in [3.63, 3.8) is 0 Å². The molecule has 0 amide bonds. The van der Waals surface area contributed by atoms with E-state index in [9.17, 15) is 0 Å². The van der Waals surface area contributed by atoms with Crippen LogP contribution in [-0.2, 0) is 13.0 Å². The smallest absolute Gasteiger partial charge is 0.0323 e. The van der Waals surface area contributed by atoms with E-state index in [1.807, 2.05) is 0 Å². The fourth-order valence-electron chi connectivity index (χ4n) is 3.19. The minimum atomic E-state index is 0.602. The third kappa shape index (κ3) is 2.24. The lowest BCUT2D eigenvalue weighted by Crippen LogP contribution is -2.31. The molecule has 2 heterocycles. The molecule has 0 radical (unpaired) electrons. The Labute approximate surface area is 104 Å². The Balaban J connectivity index is 1.93. The first kappa shape index (κ1) is 11.2. The van der Waals surface area contributed by atoms with Crippen molar-refractivity contribution in [1.29, 1.82) is 0 Å². The molecule has 0 aromatic heterocycles. The monoisotopic (exact) mass is 230 g/mol. The van der Waals surface area contributed by atoms with Gasteiger partial charge in [0.25, 0.3) is 0 Å². The van der Waals surface area contributed by atoms with Crippen LogP contribution in [0.1, 0.15) is 42.0 Å². The van der Waals surface area contributed by atoms with Gasteiger partial charge in [0.1, 0.15) is 0 Å². The van der Waals surface area contributed by atoms with Crippen LogP contribution in [0.5, 0.6) is 0 Å². The van der Waals surface area contributed by atoms with Gasteiger partial charge in [-0.1, -0.05) is 24.6 Å². The lowest BCUT2D eigenvalue weighted by molar-refractivity contribution is 0.307. The van der Waals surface area contributed by atoms with Crippen molar-refractivity contribution >= 4 is 0 Å². The molecule has 2 aliphatic rings. The van der Waals surface area contributed by atoms with Gasteiger partial charge in [-0.2, -0.15) is 0 Å². The van der Waals surface area contributed by atoms with E-state index in [0.717, 1.165) is 6.54 Å². The van der Waals surface area contributed by atoms with E-state index in [-0.39, 0.29) is 0 Å². The molecular formula is C15H22N2. The number of hydrogen-bond acceptors (Lipinski definition) is 2. The lowest BCUT2D eigenvalue weighted by atomic mass is 9.88. The third-order valence-electron chi connectivity index (χ3n) is 4.19. The molecule has 1 saturated heterocycles. The summed E-state index contributed by atoms with van der Waals surface area (Å²) in [4.78, 5) is 2.44. The molecule has 1 unspecified atom stereocenters. The van der Waals surface area contributed by atoms with Gasteiger partial charge in [-0.15, -0.1) is 0 Å². The summed E-state index contributed by atoms with van der Waals surface area (Å²) in [5.41, 5.74) is 4.74. The number of piperidine rings is 1. The van der Waals surface area contributed by atoms with Crippen LogP contribution in [0.3, 0.4) is 0 Å². The fraction of sp³-hybridized carbons (Fsp3) is 0.600. The van der Waals surface area contributed by atoms with Crippen LogP contribution in [0.4, 0.5) is 0 Å². The first-order valence-electron chi connectivity index (χ1n) is 6.87. The summed E-state index contributed by atoms with van der Waals surface area (Å²) in [6, 6.07) is 7.50. The summed E-state index contributed by atoms with van der Waals surface area (Å²) in [6.07, 6.45) is 5.23. The summed E-state index contributed by atoms with van der Waals surface area (Å²) >= 11 is 0. The fourth-order valence-corrected chi connectivity index (χ4v) is 3.19. The molecule has 1 aromatic carbocycles. The van der Waals surface area contributed by atoms with Crippen LogP contribution in [-0.4, -0.2) is 25.0 Å². The highest BCUT2D eigenvalue weighted by molar-refractivity contribution is 5.39. The Hall–Kier alpha value is -0.860. The van der Waals surface area contributed by atoms with E-state index in [2.05, 4.69) is 35.5 Å². The van der Waals surface area contributed by atoms with Gasteiger partial charge < -0.3 is 10.2 Å². The number of fused-ring (bicyclic) bond motifs is 1. The second kappa shape index (κ2) is 4.79. The van der Waals surface area contributed by atoms with Gasteiger partial charge in [-0.25, -0.2) is 0 Å². The molecule has 2 aliphatic heterocycles. The largest absolute Gasteiger partial charge is 0.310 e. The van der Waals surface area contributed by atoms with Gasteiger partial charge in [-0.05, 0) is 49.5 Å². The molecule has 3 rings (SSSR count). The molecule has 1 fully saturated rings. The Kier molecular flexibility index (Phi) is 3.17. The van der Waals surface area contributed by atoms with Crippen molar-refractivity contribution in [2.45, 2.75) is 38.3 Å². The maximum absolute atomic E-state index is 3.68. The van der Waals surface area contributed by atoms with Crippen LogP contribution >= 0.6 is 0 Å². The highest BCUT2D eigenvalue weighted by Gasteiger charge is 2.22. The SMILES string of the molecule is CN1CCc2cccc(C3CCCCN3)c2C1. The molecule has 0 bridgehead atoms. The molecule has 0 aliphatic carbocycles. The number of nitrogens with one attached hydrogen (secondary N) is 1. The van der Waals surface area contributed by atoms with Gasteiger partial charge in [0.05, 0.1) is 0 Å². The van der Waals surface area contributed by atoms with Crippen LogP contribution in [0.2, 0.25) is 0 Å². The third-order valence-corrected chi connectivity index (χ3v) is 4.19. The molecule has 92 valence electrons. The highest BCUT2D eigenvalue weighted by atomic mass is 15.1. The molecule has 1 N–H and O–H groups in total. The van der Waals surface area contributed by atoms with E-state index in [1.54, 1.807) is 16.7 Å². The van der Waals surface area contributed by atoms with Crippen LogP contribution < -0.4 is 5.32 Å². The van der Waals surface area contributed by atoms with E-state index in [4.69, 9.17) is 0 Å². The van der Waals surface area contributed by atoms with E-state index < -0.39 is 0 Å². The van der Waals surface area contributed by atoms with Gasteiger partial charge in [0, 0.05) is 19.1 Å². The topological polar surface area (TPSA) is 15.3 Å². The number of likely N-dealkylation sites (N-methyl/N-ethyl adjacent to an activating group) is 1. The quantitative estimate of drug-likeness (QED) is 0.797. The van der Waals surface area contributed by atoms with E-state index in [0.29, 0.717) is 6.04 Å². The zero-order valence-electron chi connectivity index (χ0n) is 10.7. The Morgan fingerprint density at radius 2 is 2.24 bits per heavy atom. The first-order chi connectivity index (χ1) is 8.34. The lowest BCUT2D eigenvalue weighted by Gasteiger charge is -2.31. The van der Waals surface area contributed by atoms with Crippen LogP contribution in [0.25, 0.3) is 0 Å². The van der Waals surface area contributed by atoms with Crippen LogP contribution in [0.15, 0.2) is 18.2 Å². The summed E-state index contributed by atoms with van der Waals surface area (Å²) in [7, 11) is 2.23. The van der Waals surface area contributed by atoms with Crippen molar-refractivity contribution in [3.05, 3.63) is 34.9 Å². The molecule has 2 heteroatoms. The molecule has 0 spiro atoms. The standard InChI is InChI=1S/C15H22N2/c1-17-10-8-12-5-4-6-13(14(12)11-17)15-7-2-3-9-16-15/h4-6,15-16H,2-3,7-11H2,1H3. The minimum absolute atomic E-state index is 0.602. The molecule has 17 heavy (non-hydrogen) atoms. The van der Waals surface area contributed by atoms with Crippen molar-refractivity contribution in [3.8, 4) is 0 Å². The molecular weight excluding hydrogens is 208 g/mol. The Morgan fingerprint density at radius 3 is 3.06 bits per heavy atom. The van der Waals surface area contributed by atoms with Crippen molar-refractivity contribution in [1.82, 2.24) is 10.2 Å². The predicted molar refractivity (Wildman–Crippen MR) is 71.1 cm³/mol. The van der Waals surface area contributed by atoms with E-state index >= 15 is 0 Å². The zero-order valence-corrected chi connectivity index (χ0v) is 10.7. The van der Waals surface area contributed by atoms with Crippen molar-refractivity contribution in [2.24, 2.45) is 0 Å². The number of rotatable bonds is 1. The zero-order chi connectivity index (χ0) is 11.7. The van der Waals surface area contributed by atoms with Crippen LogP contribution in [0, 0.1) is 0 Å². The molecule has 1 aromatic rings. The van der Waals surface area contributed by atoms with Crippen molar-refractivity contribution in [2.75, 3.05) is 20.1 Å². The molecule has 1 atom stereocenters. The summed E-state index contributed by atoms with van der Waals surface area (Å²) < 4.78 is 0. The predicted octanol–water partition coefficient (Wildman–Crippen LogP) is 2.49. The molecule has 2 nitrogen and oxygen atoms in total. The highest BCUT2D eigenvalue weighted by Crippen LogP contribution is 2.30. The Bertz CT molecular complexity index is 394. The maximum atomic E-state index is 3.68. The minimum Gasteiger partial charge on any atom is -0.310 e. The van der Waals surface area contributed by atoms with Gasteiger partial charge in [0.15, 0.2) is 0 Å². The molecule has 0 saturated carbocycles. The van der Waals surface area contributed by atoms with Gasteiger partial charge in [-0.3, -0.25) is 0 Å². The summed E-state index contributed by atoms with van der Waals surface area (Å²) in [5.74, 6) is 0. The van der Waals surface area contributed by atoms with Gasteiger partial charge in [0.2, 0.25) is 0 Å². The number of nitrogens with zero attached hydrogens (tertiary/aromatic N) is 1. The normalized spacial score (nSPS) is 25.6. The average molecular weight is 230 g/mol. The van der Waals surface area contributed by atoms with Gasteiger partial charge >= 0.3 is 0 Å². The second-order valence-corrected chi connectivity index (χ2v) is 5.48. The average Bonchev–Trinajstić information content (AvgIpc) is 2.39. The number of hydrogen-bond donors (Lipinski definition) is 1. The maximum Gasteiger partial charge on any atom is 0.0323 e. The summed E-state index contributed by atoms with van der Waals surface area (Å²) in [6.45, 7) is 3.52. The van der Waals surface area contributed by atoms with E-state index in [1.165, 1.54) is 38.8 Å². The number of benzene rings is 1. The van der Waals surface area contributed by atoms with Crippen molar-refractivity contribution < 1.29 is 0 Å². The Morgan fingerprint density at radius 1 is 1.29 bits per heavy atom. The summed E-state index contributed by atoms with van der Waals surface area (Å²) in [5, 5.41) is 3.68. The second-order valence-electron chi connectivity index (χ2n) is 5.48.